The third-order valence-electron chi connectivity index (χ3n) is 3.70. The number of benzene rings is 1. The number of carbonyl (C=O) groups excluding carboxylic acids is 1. The second-order valence-corrected chi connectivity index (χ2v) is 5.60. The van der Waals surface area contributed by atoms with Crippen LogP contribution in [0.4, 0.5) is 0 Å². The Kier molecular flexibility index (Phi) is 11.1. The molecule has 1 amide bonds. The van der Waals surface area contributed by atoms with Crippen LogP contribution in [0.3, 0.4) is 0 Å². The van der Waals surface area contributed by atoms with Gasteiger partial charge in [-0.25, -0.2) is 0 Å². The number of rotatable bonds is 9. The predicted molar refractivity (Wildman–Crippen MR) is 118 cm³/mol. The molecule has 0 bridgehead atoms. The highest BCUT2D eigenvalue weighted by Crippen LogP contribution is 1.97. The first-order valence-electron chi connectivity index (χ1n) is 8.96. The van der Waals surface area contributed by atoms with Crippen molar-refractivity contribution >= 4 is 35.8 Å². The van der Waals surface area contributed by atoms with Gasteiger partial charge in [-0.15, -0.1) is 34.2 Å². The number of amides is 1. The van der Waals surface area contributed by atoms with Crippen LogP contribution >= 0.6 is 24.0 Å². The van der Waals surface area contributed by atoms with Crippen molar-refractivity contribution < 1.29 is 4.79 Å². The molecule has 8 nitrogen and oxygen atoms in total. The maximum Gasteiger partial charge on any atom is 0.251 e. The second-order valence-electron chi connectivity index (χ2n) is 5.60. The highest BCUT2D eigenvalue weighted by Gasteiger charge is 2.04. The molecule has 0 saturated heterocycles. The van der Waals surface area contributed by atoms with Crippen LogP contribution in [0.5, 0.6) is 0 Å². The van der Waals surface area contributed by atoms with Crippen LogP contribution in [0.1, 0.15) is 30.0 Å². The fourth-order valence-electron chi connectivity index (χ4n) is 2.40. The molecule has 0 fully saturated rings. The van der Waals surface area contributed by atoms with E-state index < -0.39 is 0 Å². The van der Waals surface area contributed by atoms with E-state index in [0.29, 0.717) is 25.2 Å². The van der Waals surface area contributed by atoms with Gasteiger partial charge in [0.15, 0.2) is 5.96 Å². The molecule has 148 valence electrons. The molecule has 0 aliphatic carbocycles. The number of halogens is 1. The zero-order valence-corrected chi connectivity index (χ0v) is 18.1. The lowest BCUT2D eigenvalue weighted by atomic mass is 10.2. The second kappa shape index (κ2) is 13.1. The third-order valence-corrected chi connectivity index (χ3v) is 3.70. The number of hydrogen-bond donors (Lipinski definition) is 3. The molecule has 0 unspecified atom stereocenters. The molecule has 0 aliphatic heterocycles. The summed E-state index contributed by atoms with van der Waals surface area (Å²) in [5.41, 5.74) is 0.655. The minimum absolute atomic E-state index is 0. The normalized spacial score (nSPS) is 10.8. The number of guanidine groups is 1. The SMILES string of the molecule is CCNC(=NCCNC(=O)c1ccccc1)NCCn1cnnc1CC.I. The van der Waals surface area contributed by atoms with E-state index in [1.54, 1.807) is 18.5 Å². The Hall–Kier alpha value is -2.17. The molecule has 1 heterocycles. The van der Waals surface area contributed by atoms with Crippen molar-refractivity contribution in [3.8, 4) is 0 Å². The average molecular weight is 485 g/mol. The molecule has 0 atom stereocenters. The summed E-state index contributed by atoms with van der Waals surface area (Å²) in [4.78, 5) is 16.5. The Balaban J connectivity index is 0.00000364. The van der Waals surface area contributed by atoms with E-state index in [2.05, 4.69) is 38.1 Å². The number of carbonyl (C=O) groups is 1. The van der Waals surface area contributed by atoms with Crippen molar-refractivity contribution in [3.63, 3.8) is 0 Å². The van der Waals surface area contributed by atoms with Gasteiger partial charge < -0.3 is 20.5 Å². The number of nitrogens with one attached hydrogen (secondary N) is 3. The maximum absolute atomic E-state index is 12.0. The van der Waals surface area contributed by atoms with Gasteiger partial charge in [0.25, 0.3) is 5.91 Å². The summed E-state index contributed by atoms with van der Waals surface area (Å²) in [5, 5.41) is 17.3. The van der Waals surface area contributed by atoms with Gasteiger partial charge in [0, 0.05) is 38.2 Å². The minimum atomic E-state index is -0.0848. The van der Waals surface area contributed by atoms with Gasteiger partial charge in [0.2, 0.25) is 0 Å². The van der Waals surface area contributed by atoms with Gasteiger partial charge in [-0.05, 0) is 19.1 Å². The first kappa shape index (κ1) is 22.9. The first-order valence-corrected chi connectivity index (χ1v) is 8.96. The Labute approximate surface area is 177 Å². The van der Waals surface area contributed by atoms with Gasteiger partial charge in [0.05, 0.1) is 6.54 Å². The van der Waals surface area contributed by atoms with E-state index in [4.69, 9.17) is 0 Å². The van der Waals surface area contributed by atoms with Crippen LogP contribution in [-0.2, 0) is 13.0 Å². The Bertz CT molecular complexity index is 703. The average Bonchev–Trinajstić information content (AvgIpc) is 3.13. The van der Waals surface area contributed by atoms with E-state index in [9.17, 15) is 4.79 Å². The molecule has 27 heavy (non-hydrogen) atoms. The lowest BCUT2D eigenvalue weighted by Crippen LogP contribution is -2.39. The number of hydrogen-bond acceptors (Lipinski definition) is 4. The van der Waals surface area contributed by atoms with Crippen molar-refractivity contribution in [3.05, 3.63) is 48.0 Å². The molecular formula is C18H28IN7O. The lowest BCUT2D eigenvalue weighted by Gasteiger charge is -2.12. The number of aryl methyl sites for hydroxylation is 1. The zero-order chi connectivity index (χ0) is 18.6. The van der Waals surface area contributed by atoms with Crippen LogP contribution < -0.4 is 16.0 Å². The van der Waals surface area contributed by atoms with Crippen LogP contribution in [0, 0.1) is 0 Å². The highest BCUT2D eigenvalue weighted by atomic mass is 127. The molecule has 3 N–H and O–H groups in total. The maximum atomic E-state index is 12.0. The highest BCUT2D eigenvalue weighted by molar-refractivity contribution is 14.0. The smallest absolute Gasteiger partial charge is 0.251 e. The quantitative estimate of drug-likeness (QED) is 0.216. The van der Waals surface area contributed by atoms with E-state index in [1.807, 2.05) is 29.7 Å². The van der Waals surface area contributed by atoms with E-state index in [0.717, 1.165) is 31.3 Å². The number of aromatic nitrogens is 3. The molecule has 1 aromatic heterocycles. The molecule has 0 aliphatic rings. The topological polar surface area (TPSA) is 96.2 Å². The van der Waals surface area contributed by atoms with Crippen molar-refractivity contribution in [2.24, 2.45) is 4.99 Å². The summed E-state index contributed by atoms with van der Waals surface area (Å²) in [6.45, 7) is 7.32. The summed E-state index contributed by atoms with van der Waals surface area (Å²) in [5.74, 6) is 1.61. The fraction of sp³-hybridized carbons (Fsp3) is 0.444. The van der Waals surface area contributed by atoms with Gasteiger partial charge >= 0.3 is 0 Å². The van der Waals surface area contributed by atoms with E-state index in [1.165, 1.54) is 0 Å². The van der Waals surface area contributed by atoms with Crippen LogP contribution in [-0.4, -0.2) is 52.8 Å². The van der Waals surface area contributed by atoms with Crippen LogP contribution in [0.25, 0.3) is 0 Å². The van der Waals surface area contributed by atoms with Gasteiger partial charge in [-0.2, -0.15) is 0 Å². The monoisotopic (exact) mass is 485 g/mol. The van der Waals surface area contributed by atoms with Gasteiger partial charge in [0.1, 0.15) is 12.2 Å². The molecule has 0 spiro atoms. The van der Waals surface area contributed by atoms with Crippen molar-refractivity contribution in [1.29, 1.82) is 0 Å². The number of aliphatic imine (C=N–C) groups is 1. The Morgan fingerprint density at radius 3 is 2.59 bits per heavy atom. The van der Waals surface area contributed by atoms with Crippen molar-refractivity contribution in [2.75, 3.05) is 26.2 Å². The summed E-state index contributed by atoms with van der Waals surface area (Å²) in [7, 11) is 0. The van der Waals surface area contributed by atoms with Crippen molar-refractivity contribution in [1.82, 2.24) is 30.7 Å². The fourth-order valence-corrected chi connectivity index (χ4v) is 2.40. The van der Waals surface area contributed by atoms with Crippen molar-refractivity contribution in [2.45, 2.75) is 26.8 Å². The standard InChI is InChI=1S/C18H27N7O.HI/c1-3-16-24-23-14-25(16)13-12-22-18(19-4-2)21-11-10-20-17(26)15-8-6-5-7-9-15;/h5-9,14H,3-4,10-13H2,1-2H3,(H,20,26)(H2,19,21,22);1H. The molecule has 1 aromatic carbocycles. The largest absolute Gasteiger partial charge is 0.357 e. The predicted octanol–water partition coefficient (Wildman–Crippen LogP) is 1.44. The lowest BCUT2D eigenvalue weighted by molar-refractivity contribution is 0.0955. The summed E-state index contributed by atoms with van der Waals surface area (Å²) in [6, 6.07) is 9.16. The molecule has 2 aromatic rings. The minimum Gasteiger partial charge on any atom is -0.357 e. The van der Waals surface area contributed by atoms with E-state index >= 15 is 0 Å². The summed E-state index contributed by atoms with van der Waals surface area (Å²) < 4.78 is 2.02. The third kappa shape index (κ3) is 7.94. The Morgan fingerprint density at radius 2 is 1.89 bits per heavy atom. The zero-order valence-electron chi connectivity index (χ0n) is 15.8. The molecule has 9 heteroatoms. The molecule has 0 saturated carbocycles. The first-order chi connectivity index (χ1) is 12.7. The van der Waals surface area contributed by atoms with Crippen LogP contribution in [0.15, 0.2) is 41.7 Å². The Morgan fingerprint density at radius 1 is 1.11 bits per heavy atom. The molecular weight excluding hydrogens is 457 g/mol. The summed E-state index contributed by atoms with van der Waals surface area (Å²) >= 11 is 0. The summed E-state index contributed by atoms with van der Waals surface area (Å²) in [6.07, 6.45) is 2.60. The van der Waals surface area contributed by atoms with Gasteiger partial charge in [-0.3, -0.25) is 9.79 Å². The van der Waals surface area contributed by atoms with E-state index in [-0.39, 0.29) is 29.9 Å². The molecule has 2 rings (SSSR count). The molecule has 0 radical (unpaired) electrons. The van der Waals surface area contributed by atoms with Crippen LogP contribution in [0.2, 0.25) is 0 Å². The number of nitrogens with zero attached hydrogens (tertiary/aromatic N) is 4. The van der Waals surface area contributed by atoms with Gasteiger partial charge in [-0.1, -0.05) is 25.1 Å².